The van der Waals surface area contributed by atoms with Crippen LogP contribution in [0.3, 0.4) is 0 Å². The normalized spacial score (nSPS) is 10.5. The van der Waals surface area contributed by atoms with Gasteiger partial charge in [-0.3, -0.25) is 0 Å². The fraction of sp³-hybridized carbons (Fsp3) is 0.500. The number of carboxylic acids is 1. The number of aromatic carboxylic acids is 1. The summed E-state index contributed by atoms with van der Waals surface area (Å²) in [4.78, 5) is 10.6. The zero-order valence-electron chi connectivity index (χ0n) is 10.2. The van der Waals surface area contributed by atoms with E-state index in [2.05, 4.69) is 6.92 Å². The summed E-state index contributed by atoms with van der Waals surface area (Å²) in [5.41, 5.74) is 0.628. The molecule has 0 atom stereocenters. The van der Waals surface area contributed by atoms with Crippen LogP contribution < -0.4 is 0 Å². The van der Waals surface area contributed by atoms with Gasteiger partial charge in [-0.05, 0) is 30.5 Å². The van der Waals surface area contributed by atoms with Crippen LogP contribution in [0.2, 0.25) is 0 Å². The first-order chi connectivity index (χ1) is 8.15. The Balaban J connectivity index is 2.46. The monoisotopic (exact) mass is 238 g/mol. The summed E-state index contributed by atoms with van der Waals surface area (Å²) in [6, 6.07) is 4.15. The second kappa shape index (κ2) is 7.05. The molecule has 0 aliphatic carbocycles. The fourth-order valence-corrected chi connectivity index (χ4v) is 1.80. The molecule has 3 heteroatoms. The molecule has 0 amide bonds. The van der Waals surface area contributed by atoms with Gasteiger partial charge < -0.3 is 5.11 Å². The molecular weight excluding hydrogens is 219 g/mol. The number of benzene rings is 1. The van der Waals surface area contributed by atoms with Crippen molar-refractivity contribution in [1.82, 2.24) is 0 Å². The highest BCUT2D eigenvalue weighted by Crippen LogP contribution is 2.14. The summed E-state index contributed by atoms with van der Waals surface area (Å²) in [7, 11) is 0. The van der Waals surface area contributed by atoms with Crippen LogP contribution >= 0.6 is 0 Å². The standard InChI is InChI=1S/C14H19FO2/c1-2-3-4-5-6-7-11-8-9-12(14(16)17)10-13(11)15/h8-10H,2-7H2,1H3,(H,16,17). The third-order valence-corrected chi connectivity index (χ3v) is 2.85. The predicted octanol–water partition coefficient (Wildman–Crippen LogP) is 4.04. The van der Waals surface area contributed by atoms with Gasteiger partial charge in [-0.1, -0.05) is 38.7 Å². The van der Waals surface area contributed by atoms with Crippen molar-refractivity contribution in [3.8, 4) is 0 Å². The van der Waals surface area contributed by atoms with Crippen molar-refractivity contribution in [3.05, 3.63) is 35.1 Å². The molecule has 17 heavy (non-hydrogen) atoms. The molecule has 94 valence electrons. The van der Waals surface area contributed by atoms with Gasteiger partial charge in [0.25, 0.3) is 0 Å². The Bertz CT molecular complexity index is 374. The average molecular weight is 238 g/mol. The maximum atomic E-state index is 13.5. The number of hydrogen-bond donors (Lipinski definition) is 1. The van der Waals surface area contributed by atoms with Crippen LogP contribution in [0, 0.1) is 5.82 Å². The molecule has 1 aromatic carbocycles. The first kappa shape index (κ1) is 13.7. The molecule has 0 fully saturated rings. The molecule has 1 rings (SSSR count). The molecule has 0 bridgehead atoms. The smallest absolute Gasteiger partial charge is 0.335 e. The minimum absolute atomic E-state index is 0.0113. The molecule has 0 aliphatic rings. The van der Waals surface area contributed by atoms with Gasteiger partial charge in [-0.15, -0.1) is 0 Å². The number of carbonyl (C=O) groups is 1. The summed E-state index contributed by atoms with van der Waals surface area (Å²) >= 11 is 0. The third kappa shape index (κ3) is 4.55. The topological polar surface area (TPSA) is 37.3 Å². The first-order valence-corrected chi connectivity index (χ1v) is 6.17. The SMILES string of the molecule is CCCCCCCc1ccc(C(=O)O)cc1F. The molecule has 0 spiro atoms. The Morgan fingerprint density at radius 2 is 1.94 bits per heavy atom. The van der Waals surface area contributed by atoms with Gasteiger partial charge in [0.05, 0.1) is 5.56 Å². The largest absolute Gasteiger partial charge is 0.478 e. The van der Waals surface area contributed by atoms with E-state index in [0.717, 1.165) is 18.9 Å². The van der Waals surface area contributed by atoms with Gasteiger partial charge in [0.2, 0.25) is 0 Å². The molecule has 0 aromatic heterocycles. The Morgan fingerprint density at radius 3 is 2.53 bits per heavy atom. The highest BCUT2D eigenvalue weighted by molar-refractivity contribution is 5.87. The lowest BCUT2D eigenvalue weighted by molar-refractivity contribution is 0.0696. The highest BCUT2D eigenvalue weighted by Gasteiger charge is 2.07. The van der Waals surface area contributed by atoms with Crippen molar-refractivity contribution in [2.75, 3.05) is 0 Å². The zero-order chi connectivity index (χ0) is 12.7. The molecule has 1 N–H and O–H groups in total. The lowest BCUT2D eigenvalue weighted by Crippen LogP contribution is -1.99. The van der Waals surface area contributed by atoms with E-state index in [1.54, 1.807) is 6.07 Å². The van der Waals surface area contributed by atoms with E-state index >= 15 is 0 Å². The van der Waals surface area contributed by atoms with Crippen molar-refractivity contribution >= 4 is 5.97 Å². The quantitative estimate of drug-likeness (QED) is 0.728. The Hall–Kier alpha value is -1.38. The van der Waals surface area contributed by atoms with Crippen molar-refractivity contribution in [3.63, 3.8) is 0 Å². The maximum absolute atomic E-state index is 13.5. The fourth-order valence-electron chi connectivity index (χ4n) is 1.80. The van der Waals surface area contributed by atoms with E-state index in [9.17, 15) is 9.18 Å². The van der Waals surface area contributed by atoms with Crippen LogP contribution in [-0.2, 0) is 6.42 Å². The zero-order valence-corrected chi connectivity index (χ0v) is 10.2. The average Bonchev–Trinajstić information content (AvgIpc) is 2.30. The van der Waals surface area contributed by atoms with Crippen LogP contribution in [0.5, 0.6) is 0 Å². The van der Waals surface area contributed by atoms with E-state index in [-0.39, 0.29) is 5.56 Å². The van der Waals surface area contributed by atoms with Crippen LogP contribution in [0.15, 0.2) is 18.2 Å². The van der Waals surface area contributed by atoms with Crippen LogP contribution in [0.1, 0.15) is 54.9 Å². The van der Waals surface area contributed by atoms with Crippen LogP contribution in [-0.4, -0.2) is 11.1 Å². The summed E-state index contributed by atoms with van der Waals surface area (Å²) < 4.78 is 13.5. The second-order valence-corrected chi connectivity index (χ2v) is 4.28. The Kier molecular flexibility index (Phi) is 5.67. The van der Waals surface area contributed by atoms with Crippen LogP contribution in [0.25, 0.3) is 0 Å². The molecule has 0 aliphatic heterocycles. The summed E-state index contributed by atoms with van der Waals surface area (Å²) in [5, 5.41) is 8.71. The molecule has 2 nitrogen and oxygen atoms in total. The van der Waals surface area contributed by atoms with Crippen molar-refractivity contribution in [2.24, 2.45) is 0 Å². The van der Waals surface area contributed by atoms with E-state index in [4.69, 9.17) is 5.11 Å². The maximum Gasteiger partial charge on any atom is 0.335 e. The summed E-state index contributed by atoms with van der Waals surface area (Å²) in [6.45, 7) is 2.16. The first-order valence-electron chi connectivity index (χ1n) is 6.17. The lowest BCUT2D eigenvalue weighted by Gasteiger charge is -2.04. The number of halogens is 1. The van der Waals surface area contributed by atoms with Crippen molar-refractivity contribution < 1.29 is 14.3 Å². The number of unbranched alkanes of at least 4 members (excludes halogenated alkanes) is 4. The Labute approximate surface area is 101 Å². The molecule has 0 heterocycles. The van der Waals surface area contributed by atoms with Crippen LogP contribution in [0.4, 0.5) is 4.39 Å². The van der Waals surface area contributed by atoms with Gasteiger partial charge >= 0.3 is 5.97 Å². The van der Waals surface area contributed by atoms with E-state index in [1.165, 1.54) is 25.3 Å². The number of rotatable bonds is 7. The van der Waals surface area contributed by atoms with Gasteiger partial charge in [0, 0.05) is 0 Å². The van der Waals surface area contributed by atoms with Gasteiger partial charge in [-0.25, -0.2) is 9.18 Å². The minimum Gasteiger partial charge on any atom is -0.478 e. The molecule has 0 unspecified atom stereocenters. The van der Waals surface area contributed by atoms with E-state index < -0.39 is 11.8 Å². The minimum atomic E-state index is -1.08. The van der Waals surface area contributed by atoms with Gasteiger partial charge in [0.15, 0.2) is 0 Å². The van der Waals surface area contributed by atoms with Crippen molar-refractivity contribution in [2.45, 2.75) is 45.4 Å². The van der Waals surface area contributed by atoms with Gasteiger partial charge in [0.1, 0.15) is 5.82 Å². The molecule has 1 aromatic rings. The molecule has 0 saturated carbocycles. The molecule has 0 radical (unpaired) electrons. The second-order valence-electron chi connectivity index (χ2n) is 4.28. The number of aryl methyl sites for hydroxylation is 1. The number of hydrogen-bond acceptors (Lipinski definition) is 1. The molecular formula is C14H19FO2. The van der Waals surface area contributed by atoms with E-state index in [0.29, 0.717) is 12.0 Å². The highest BCUT2D eigenvalue weighted by atomic mass is 19.1. The van der Waals surface area contributed by atoms with E-state index in [1.807, 2.05) is 0 Å². The lowest BCUT2D eigenvalue weighted by atomic mass is 10.0. The predicted molar refractivity (Wildman–Crippen MR) is 65.8 cm³/mol. The van der Waals surface area contributed by atoms with Crippen molar-refractivity contribution in [1.29, 1.82) is 0 Å². The third-order valence-electron chi connectivity index (χ3n) is 2.85. The summed E-state index contributed by atoms with van der Waals surface area (Å²) in [5.74, 6) is -1.49. The Morgan fingerprint density at radius 1 is 1.24 bits per heavy atom. The number of carboxylic acid groups (broad SMARTS) is 1. The summed E-state index contributed by atoms with van der Waals surface area (Å²) in [6.07, 6.45) is 6.36. The molecule has 0 saturated heterocycles. The van der Waals surface area contributed by atoms with Gasteiger partial charge in [-0.2, -0.15) is 0 Å².